The Bertz CT molecular complexity index is 279. The molecule has 0 radical (unpaired) electrons. The van der Waals surface area contributed by atoms with E-state index in [1.54, 1.807) is 0 Å². The smallest absolute Gasteiger partial charge is 0.0805 e. The summed E-state index contributed by atoms with van der Waals surface area (Å²) in [5.74, 6) is 0.927. The minimum absolute atomic E-state index is 0.203. The maximum Gasteiger partial charge on any atom is 0.0805 e. The Morgan fingerprint density at radius 3 is 2.58 bits per heavy atom. The van der Waals surface area contributed by atoms with Crippen LogP contribution in [-0.4, -0.2) is 49.8 Å². The molecule has 110 valence electrons. The van der Waals surface area contributed by atoms with Crippen LogP contribution in [0.15, 0.2) is 0 Å². The lowest BCUT2D eigenvalue weighted by Gasteiger charge is -2.47. The highest BCUT2D eigenvalue weighted by Gasteiger charge is 2.40. The van der Waals surface area contributed by atoms with Gasteiger partial charge in [-0.05, 0) is 38.0 Å². The van der Waals surface area contributed by atoms with E-state index in [9.17, 15) is 0 Å². The van der Waals surface area contributed by atoms with E-state index < -0.39 is 0 Å². The average Bonchev–Trinajstić information content (AvgIpc) is 2.44. The summed E-state index contributed by atoms with van der Waals surface area (Å²) in [5, 5.41) is 3.78. The molecule has 3 fully saturated rings. The van der Waals surface area contributed by atoms with Gasteiger partial charge in [-0.25, -0.2) is 0 Å². The molecule has 3 nitrogen and oxygen atoms in total. The zero-order chi connectivity index (χ0) is 13.1. The highest BCUT2D eigenvalue weighted by molar-refractivity contribution is 4.95. The van der Waals surface area contributed by atoms with Gasteiger partial charge in [0.25, 0.3) is 0 Å². The first kappa shape index (κ1) is 13.8. The van der Waals surface area contributed by atoms with Gasteiger partial charge < -0.3 is 10.1 Å². The van der Waals surface area contributed by atoms with E-state index in [2.05, 4.69) is 10.2 Å². The fraction of sp³-hybridized carbons (Fsp3) is 1.00. The number of methoxy groups -OCH3 is 1. The van der Waals surface area contributed by atoms with E-state index in [1.165, 1.54) is 71.0 Å². The molecule has 1 saturated heterocycles. The summed E-state index contributed by atoms with van der Waals surface area (Å²) in [6.45, 7) is 4.78. The average molecular weight is 266 g/mol. The molecule has 1 unspecified atom stereocenters. The van der Waals surface area contributed by atoms with Crippen LogP contribution in [0.1, 0.15) is 51.4 Å². The van der Waals surface area contributed by atoms with Crippen molar-refractivity contribution in [3.8, 4) is 0 Å². The Morgan fingerprint density at radius 2 is 1.95 bits per heavy atom. The maximum atomic E-state index is 5.80. The lowest BCUT2D eigenvalue weighted by atomic mass is 9.78. The summed E-state index contributed by atoms with van der Waals surface area (Å²) in [5.41, 5.74) is 0.203. The molecule has 0 spiro atoms. The zero-order valence-electron chi connectivity index (χ0n) is 12.5. The molecular formula is C16H30N2O. The van der Waals surface area contributed by atoms with Gasteiger partial charge in [-0.1, -0.05) is 19.3 Å². The molecule has 0 aromatic rings. The molecular weight excluding hydrogens is 236 g/mol. The number of hydrogen-bond acceptors (Lipinski definition) is 3. The molecule has 1 atom stereocenters. The third-order valence-electron chi connectivity index (χ3n) is 5.72. The van der Waals surface area contributed by atoms with Crippen molar-refractivity contribution in [1.82, 2.24) is 10.2 Å². The summed E-state index contributed by atoms with van der Waals surface area (Å²) in [6.07, 6.45) is 11.1. The van der Waals surface area contributed by atoms with E-state index in [4.69, 9.17) is 4.74 Å². The molecule has 1 heterocycles. The number of hydrogen-bond donors (Lipinski definition) is 1. The lowest BCUT2D eigenvalue weighted by Crippen LogP contribution is -2.58. The zero-order valence-corrected chi connectivity index (χ0v) is 12.5. The maximum absolute atomic E-state index is 5.80. The molecule has 2 aliphatic carbocycles. The Kier molecular flexibility index (Phi) is 4.45. The van der Waals surface area contributed by atoms with Crippen LogP contribution in [-0.2, 0) is 4.74 Å². The molecule has 19 heavy (non-hydrogen) atoms. The second-order valence-electron chi connectivity index (χ2n) is 6.93. The van der Waals surface area contributed by atoms with E-state index in [0.717, 1.165) is 18.5 Å². The van der Waals surface area contributed by atoms with Crippen LogP contribution < -0.4 is 5.32 Å². The van der Waals surface area contributed by atoms with Crippen molar-refractivity contribution in [3.05, 3.63) is 0 Å². The van der Waals surface area contributed by atoms with Crippen molar-refractivity contribution < 1.29 is 4.74 Å². The SMILES string of the molecule is COC1(CN2CCNC(C3CCCCC3)C2)CCC1. The van der Waals surface area contributed by atoms with Crippen LogP contribution in [0.3, 0.4) is 0 Å². The topological polar surface area (TPSA) is 24.5 Å². The first-order chi connectivity index (χ1) is 9.31. The van der Waals surface area contributed by atoms with Crippen molar-refractivity contribution >= 4 is 0 Å². The van der Waals surface area contributed by atoms with Crippen molar-refractivity contribution in [3.63, 3.8) is 0 Å². The number of piperazine rings is 1. The first-order valence-electron chi connectivity index (χ1n) is 8.32. The van der Waals surface area contributed by atoms with Gasteiger partial charge in [-0.15, -0.1) is 0 Å². The van der Waals surface area contributed by atoms with Gasteiger partial charge in [0.1, 0.15) is 0 Å². The Labute approximate surface area is 118 Å². The largest absolute Gasteiger partial charge is 0.377 e. The third kappa shape index (κ3) is 3.14. The Hall–Kier alpha value is -0.120. The van der Waals surface area contributed by atoms with Crippen molar-refractivity contribution in [2.24, 2.45) is 5.92 Å². The first-order valence-corrected chi connectivity index (χ1v) is 8.32. The van der Waals surface area contributed by atoms with Gasteiger partial charge in [-0.3, -0.25) is 4.90 Å². The van der Waals surface area contributed by atoms with Crippen LogP contribution in [0.2, 0.25) is 0 Å². The number of rotatable bonds is 4. The Balaban J connectivity index is 1.52. The van der Waals surface area contributed by atoms with E-state index >= 15 is 0 Å². The van der Waals surface area contributed by atoms with E-state index in [1.807, 2.05) is 7.11 Å². The lowest BCUT2D eigenvalue weighted by molar-refractivity contribution is -0.0953. The number of ether oxygens (including phenoxy) is 1. The molecule has 3 rings (SSSR count). The summed E-state index contributed by atoms with van der Waals surface area (Å²) in [4.78, 5) is 2.67. The van der Waals surface area contributed by atoms with Gasteiger partial charge in [0.15, 0.2) is 0 Å². The molecule has 3 heteroatoms. The van der Waals surface area contributed by atoms with Gasteiger partial charge in [0, 0.05) is 39.3 Å². The highest BCUT2D eigenvalue weighted by atomic mass is 16.5. The van der Waals surface area contributed by atoms with Gasteiger partial charge in [0.2, 0.25) is 0 Å². The van der Waals surface area contributed by atoms with Crippen LogP contribution in [0.25, 0.3) is 0 Å². The summed E-state index contributed by atoms with van der Waals surface area (Å²) < 4.78 is 5.80. The minimum Gasteiger partial charge on any atom is -0.377 e. The van der Waals surface area contributed by atoms with Crippen molar-refractivity contribution in [2.45, 2.75) is 63.0 Å². The predicted octanol–water partition coefficient (Wildman–Crippen LogP) is 2.41. The van der Waals surface area contributed by atoms with Crippen LogP contribution in [0.4, 0.5) is 0 Å². The summed E-state index contributed by atoms with van der Waals surface area (Å²) >= 11 is 0. The standard InChI is InChI=1S/C16H30N2O/c1-19-16(8-5-9-16)13-18-11-10-17-15(12-18)14-6-3-2-4-7-14/h14-15,17H,2-13H2,1H3. The molecule has 3 aliphatic rings. The monoisotopic (exact) mass is 266 g/mol. The van der Waals surface area contributed by atoms with Crippen LogP contribution in [0, 0.1) is 5.92 Å². The van der Waals surface area contributed by atoms with Gasteiger partial charge in [-0.2, -0.15) is 0 Å². The predicted molar refractivity (Wildman–Crippen MR) is 78.4 cm³/mol. The quantitative estimate of drug-likeness (QED) is 0.846. The second-order valence-corrected chi connectivity index (χ2v) is 6.93. The highest BCUT2D eigenvalue weighted by Crippen LogP contribution is 2.36. The Morgan fingerprint density at radius 1 is 1.16 bits per heavy atom. The van der Waals surface area contributed by atoms with Crippen molar-refractivity contribution in [2.75, 3.05) is 33.3 Å². The minimum atomic E-state index is 0.203. The van der Waals surface area contributed by atoms with E-state index in [-0.39, 0.29) is 5.60 Å². The summed E-state index contributed by atoms with van der Waals surface area (Å²) in [6, 6.07) is 0.739. The second kappa shape index (κ2) is 6.11. The number of nitrogens with one attached hydrogen (secondary N) is 1. The molecule has 0 amide bonds. The molecule has 0 aromatic heterocycles. The fourth-order valence-corrected chi connectivity index (χ4v) is 4.24. The summed E-state index contributed by atoms with van der Waals surface area (Å²) in [7, 11) is 1.90. The van der Waals surface area contributed by atoms with Gasteiger partial charge >= 0.3 is 0 Å². The van der Waals surface area contributed by atoms with Crippen molar-refractivity contribution in [1.29, 1.82) is 0 Å². The fourth-order valence-electron chi connectivity index (χ4n) is 4.24. The van der Waals surface area contributed by atoms with Gasteiger partial charge in [0.05, 0.1) is 5.60 Å². The molecule has 2 saturated carbocycles. The van der Waals surface area contributed by atoms with Crippen LogP contribution >= 0.6 is 0 Å². The molecule has 1 aliphatic heterocycles. The molecule has 1 N–H and O–H groups in total. The number of nitrogens with zero attached hydrogens (tertiary/aromatic N) is 1. The third-order valence-corrected chi connectivity index (χ3v) is 5.72. The molecule has 0 bridgehead atoms. The van der Waals surface area contributed by atoms with Crippen LogP contribution in [0.5, 0.6) is 0 Å². The van der Waals surface area contributed by atoms with E-state index in [0.29, 0.717) is 0 Å². The normalized spacial score (nSPS) is 33.0. The molecule has 0 aromatic carbocycles.